The number of amides is 3. The lowest BCUT2D eigenvalue weighted by molar-refractivity contribution is -0.131. The van der Waals surface area contributed by atoms with Gasteiger partial charge in [0.25, 0.3) is 5.91 Å². The Labute approximate surface area is 146 Å². The maximum Gasteiger partial charge on any atom is 0.325 e. The van der Waals surface area contributed by atoms with E-state index in [9.17, 15) is 9.59 Å². The molecule has 1 heterocycles. The van der Waals surface area contributed by atoms with E-state index in [1.165, 1.54) is 4.90 Å². The van der Waals surface area contributed by atoms with E-state index in [0.717, 1.165) is 28.9 Å². The first kappa shape index (κ1) is 15.7. The predicted molar refractivity (Wildman–Crippen MR) is 93.4 cm³/mol. The Morgan fingerprint density at radius 3 is 2.68 bits per heavy atom. The number of rotatable bonds is 4. The van der Waals surface area contributed by atoms with E-state index in [0.29, 0.717) is 6.42 Å². The molecule has 1 aliphatic carbocycles. The second-order valence-electron chi connectivity index (χ2n) is 6.61. The topological polar surface area (TPSA) is 58.6 Å². The van der Waals surface area contributed by atoms with Gasteiger partial charge in [0.1, 0.15) is 17.9 Å². The Bertz CT molecular complexity index is 831. The molecule has 0 saturated carbocycles. The normalized spacial score (nSPS) is 21.6. The molecule has 5 heteroatoms. The third-order valence-electron chi connectivity index (χ3n) is 5.03. The van der Waals surface area contributed by atoms with Crippen LogP contribution in [0.2, 0.25) is 0 Å². The summed E-state index contributed by atoms with van der Waals surface area (Å²) in [7, 11) is 0. The summed E-state index contributed by atoms with van der Waals surface area (Å²) >= 11 is 0. The predicted octanol–water partition coefficient (Wildman–Crippen LogP) is 2.77. The van der Waals surface area contributed by atoms with E-state index in [1.807, 2.05) is 55.5 Å². The van der Waals surface area contributed by atoms with Crippen LogP contribution in [0.3, 0.4) is 0 Å². The van der Waals surface area contributed by atoms with Crippen LogP contribution in [-0.2, 0) is 16.8 Å². The van der Waals surface area contributed by atoms with Gasteiger partial charge in [-0.3, -0.25) is 9.69 Å². The van der Waals surface area contributed by atoms with Gasteiger partial charge in [-0.25, -0.2) is 4.79 Å². The molecule has 1 spiro atoms. The maximum atomic E-state index is 13.0. The van der Waals surface area contributed by atoms with E-state index >= 15 is 0 Å². The van der Waals surface area contributed by atoms with Crippen LogP contribution in [0, 0.1) is 6.92 Å². The minimum absolute atomic E-state index is 0.171. The van der Waals surface area contributed by atoms with Crippen molar-refractivity contribution in [3.63, 3.8) is 0 Å². The molecular formula is C20H20N2O3. The molecule has 4 rings (SSSR count). The lowest BCUT2D eigenvalue weighted by Gasteiger charge is -2.22. The van der Waals surface area contributed by atoms with Crippen molar-refractivity contribution in [2.24, 2.45) is 0 Å². The molecule has 2 aliphatic rings. The molecule has 1 fully saturated rings. The Hall–Kier alpha value is -2.82. The fourth-order valence-corrected chi connectivity index (χ4v) is 3.68. The first-order chi connectivity index (χ1) is 12.1. The van der Waals surface area contributed by atoms with Crippen molar-refractivity contribution in [3.05, 3.63) is 65.2 Å². The van der Waals surface area contributed by atoms with Crippen molar-refractivity contribution >= 4 is 11.9 Å². The molecule has 2 aromatic carbocycles. The Morgan fingerprint density at radius 1 is 1.12 bits per heavy atom. The van der Waals surface area contributed by atoms with E-state index in [-0.39, 0.29) is 25.1 Å². The third-order valence-corrected chi connectivity index (χ3v) is 5.03. The van der Waals surface area contributed by atoms with Gasteiger partial charge in [-0.2, -0.15) is 0 Å². The molecule has 0 unspecified atom stereocenters. The summed E-state index contributed by atoms with van der Waals surface area (Å²) in [5, 5.41) is 2.92. The van der Waals surface area contributed by atoms with Gasteiger partial charge in [0.15, 0.2) is 0 Å². The van der Waals surface area contributed by atoms with E-state index in [4.69, 9.17) is 4.74 Å². The largest absolute Gasteiger partial charge is 0.492 e. The number of carbonyl (C=O) groups is 2. The molecule has 0 bridgehead atoms. The number of aryl methyl sites for hydroxylation is 2. The van der Waals surface area contributed by atoms with Crippen molar-refractivity contribution in [2.45, 2.75) is 25.3 Å². The van der Waals surface area contributed by atoms with Gasteiger partial charge in [0.05, 0.1) is 6.54 Å². The molecule has 5 nitrogen and oxygen atoms in total. The average Bonchev–Trinajstić information content (AvgIpc) is 3.10. The molecule has 1 N–H and O–H groups in total. The quantitative estimate of drug-likeness (QED) is 0.874. The Balaban J connectivity index is 1.46. The van der Waals surface area contributed by atoms with Crippen molar-refractivity contribution in [3.8, 4) is 5.75 Å². The fraction of sp³-hybridized carbons (Fsp3) is 0.300. The van der Waals surface area contributed by atoms with Crippen LogP contribution in [0.15, 0.2) is 48.5 Å². The van der Waals surface area contributed by atoms with Crippen molar-refractivity contribution in [2.75, 3.05) is 13.2 Å². The van der Waals surface area contributed by atoms with Crippen LogP contribution in [0.25, 0.3) is 0 Å². The van der Waals surface area contributed by atoms with Crippen LogP contribution in [-0.4, -0.2) is 30.0 Å². The number of nitrogens with one attached hydrogen (secondary N) is 1. The van der Waals surface area contributed by atoms with Gasteiger partial charge in [-0.1, -0.05) is 42.0 Å². The number of carbonyl (C=O) groups excluding carboxylic acids is 2. The number of urea groups is 1. The molecule has 128 valence electrons. The highest BCUT2D eigenvalue weighted by Crippen LogP contribution is 2.41. The molecule has 1 atom stereocenters. The molecule has 2 aromatic rings. The lowest BCUT2D eigenvalue weighted by Crippen LogP contribution is -2.42. The molecule has 25 heavy (non-hydrogen) atoms. The van der Waals surface area contributed by atoms with E-state index in [2.05, 4.69) is 5.32 Å². The molecule has 0 radical (unpaired) electrons. The van der Waals surface area contributed by atoms with Crippen molar-refractivity contribution in [1.29, 1.82) is 0 Å². The Kier molecular flexibility index (Phi) is 3.71. The molecule has 3 amide bonds. The third kappa shape index (κ3) is 2.56. The fourth-order valence-electron chi connectivity index (χ4n) is 3.68. The highest BCUT2D eigenvalue weighted by atomic mass is 16.5. The second-order valence-corrected chi connectivity index (χ2v) is 6.61. The number of hydrogen-bond donors (Lipinski definition) is 1. The number of benzene rings is 2. The Morgan fingerprint density at radius 2 is 1.88 bits per heavy atom. The summed E-state index contributed by atoms with van der Waals surface area (Å²) < 4.78 is 5.67. The number of fused-ring (bicyclic) bond motifs is 2. The van der Waals surface area contributed by atoms with Gasteiger partial charge in [-0.05, 0) is 43.0 Å². The van der Waals surface area contributed by atoms with Gasteiger partial charge in [-0.15, -0.1) is 0 Å². The standard InChI is InChI=1S/C20H20N2O3/c1-14-6-8-16(9-7-14)25-13-12-22-18(23)20(21-19(22)24)11-10-15-4-2-3-5-17(15)20/h2-9H,10-13H2,1H3,(H,21,24)/t20-/m1/s1. The van der Waals surface area contributed by atoms with Gasteiger partial charge in [0.2, 0.25) is 0 Å². The van der Waals surface area contributed by atoms with E-state index < -0.39 is 5.54 Å². The molecule has 1 saturated heterocycles. The van der Waals surface area contributed by atoms with Crippen molar-refractivity contribution in [1.82, 2.24) is 10.2 Å². The molecule has 0 aromatic heterocycles. The lowest BCUT2D eigenvalue weighted by atomic mass is 9.92. The smallest absolute Gasteiger partial charge is 0.325 e. The minimum Gasteiger partial charge on any atom is -0.492 e. The summed E-state index contributed by atoms with van der Waals surface area (Å²) in [4.78, 5) is 26.6. The second kappa shape index (κ2) is 5.92. The first-order valence-corrected chi connectivity index (χ1v) is 8.52. The summed E-state index contributed by atoms with van der Waals surface area (Å²) in [6.45, 7) is 2.53. The number of nitrogens with zero attached hydrogens (tertiary/aromatic N) is 1. The summed E-state index contributed by atoms with van der Waals surface area (Å²) in [6.07, 6.45) is 1.42. The van der Waals surface area contributed by atoms with Crippen LogP contribution < -0.4 is 10.1 Å². The highest BCUT2D eigenvalue weighted by Gasteiger charge is 2.54. The molecule has 1 aliphatic heterocycles. The SMILES string of the molecule is Cc1ccc(OCCN2C(=O)N[C@@]3(CCc4ccccc43)C2=O)cc1. The van der Waals surface area contributed by atoms with Crippen LogP contribution in [0.5, 0.6) is 5.75 Å². The summed E-state index contributed by atoms with van der Waals surface area (Å²) in [6, 6.07) is 15.2. The van der Waals surface area contributed by atoms with Crippen LogP contribution >= 0.6 is 0 Å². The molecular weight excluding hydrogens is 316 g/mol. The monoisotopic (exact) mass is 336 g/mol. The zero-order chi connectivity index (χ0) is 17.4. The van der Waals surface area contributed by atoms with Gasteiger partial charge >= 0.3 is 6.03 Å². The zero-order valence-corrected chi connectivity index (χ0v) is 14.1. The van der Waals surface area contributed by atoms with Gasteiger partial charge < -0.3 is 10.1 Å². The maximum absolute atomic E-state index is 13.0. The van der Waals surface area contributed by atoms with Crippen LogP contribution in [0.1, 0.15) is 23.1 Å². The number of imide groups is 1. The van der Waals surface area contributed by atoms with E-state index in [1.54, 1.807) is 0 Å². The van der Waals surface area contributed by atoms with Gasteiger partial charge in [0, 0.05) is 0 Å². The number of ether oxygens (including phenoxy) is 1. The first-order valence-electron chi connectivity index (χ1n) is 8.52. The highest BCUT2D eigenvalue weighted by molar-refractivity contribution is 6.08. The van der Waals surface area contributed by atoms with Crippen molar-refractivity contribution < 1.29 is 14.3 Å². The minimum atomic E-state index is -0.891. The summed E-state index contributed by atoms with van der Waals surface area (Å²) in [5.74, 6) is 0.563. The zero-order valence-electron chi connectivity index (χ0n) is 14.1. The summed E-state index contributed by atoms with van der Waals surface area (Å²) in [5.41, 5.74) is 2.32. The average molecular weight is 336 g/mol. The van der Waals surface area contributed by atoms with Crippen LogP contribution in [0.4, 0.5) is 4.79 Å². The number of hydrogen-bond acceptors (Lipinski definition) is 3.